The molecule has 0 aliphatic rings. The van der Waals surface area contributed by atoms with E-state index in [0.717, 1.165) is 44.7 Å². The summed E-state index contributed by atoms with van der Waals surface area (Å²) in [4.78, 5) is 16.3. The Bertz CT molecular complexity index is 1550. The third kappa shape index (κ3) is 5.11. The molecule has 2 N–H and O–H groups in total. The fourth-order valence-corrected chi connectivity index (χ4v) is 5.32. The fourth-order valence-electron chi connectivity index (χ4n) is 4.57. The average Bonchev–Trinajstić information content (AvgIpc) is 3.49. The van der Waals surface area contributed by atoms with Gasteiger partial charge in [-0.05, 0) is 69.2 Å². The van der Waals surface area contributed by atoms with Crippen LogP contribution in [0.1, 0.15) is 23.6 Å². The highest BCUT2D eigenvalue weighted by atomic mass is 32.2. The molecule has 3 aromatic carbocycles. The van der Waals surface area contributed by atoms with E-state index in [4.69, 9.17) is 4.74 Å². The Balaban J connectivity index is 1.46. The van der Waals surface area contributed by atoms with E-state index in [0.29, 0.717) is 17.6 Å². The van der Waals surface area contributed by atoms with Gasteiger partial charge in [0, 0.05) is 34.0 Å². The maximum Gasteiger partial charge on any atom is 0.234 e. The Morgan fingerprint density at radius 2 is 1.76 bits per heavy atom. The third-order valence-electron chi connectivity index (χ3n) is 6.14. The van der Waals surface area contributed by atoms with Crippen LogP contribution in [0.4, 0.5) is 5.69 Å². The lowest BCUT2D eigenvalue weighted by molar-refractivity contribution is -0.113. The predicted molar refractivity (Wildman–Crippen MR) is 150 cm³/mol. The van der Waals surface area contributed by atoms with Crippen LogP contribution in [0.2, 0.25) is 0 Å². The van der Waals surface area contributed by atoms with Gasteiger partial charge in [-0.2, -0.15) is 0 Å². The molecular formula is C29H29N5O2S. The number of carbonyl (C=O) groups excluding carboxylic acids is 1. The molecule has 5 rings (SSSR count). The van der Waals surface area contributed by atoms with Crippen molar-refractivity contribution in [3.63, 3.8) is 0 Å². The molecule has 0 unspecified atom stereocenters. The number of ether oxygens (including phenoxy) is 1. The largest absolute Gasteiger partial charge is 0.494 e. The van der Waals surface area contributed by atoms with Gasteiger partial charge in [0.05, 0.1) is 12.4 Å². The summed E-state index contributed by atoms with van der Waals surface area (Å²) in [5.74, 6) is 1.62. The summed E-state index contributed by atoms with van der Waals surface area (Å²) < 4.78 is 7.62. The molecule has 0 fully saturated rings. The molecule has 0 saturated carbocycles. The molecule has 188 valence electrons. The summed E-state index contributed by atoms with van der Waals surface area (Å²) in [5, 5.41) is 13.8. The van der Waals surface area contributed by atoms with Crippen LogP contribution in [0, 0.1) is 20.8 Å². The lowest BCUT2D eigenvalue weighted by Gasteiger charge is -2.13. The predicted octanol–water partition coefficient (Wildman–Crippen LogP) is 6.47. The molecule has 7 nitrogen and oxygen atoms in total. The molecule has 0 aliphatic carbocycles. The van der Waals surface area contributed by atoms with Gasteiger partial charge >= 0.3 is 0 Å². The standard InChI is InChI=1S/C29H29N5O2S/c1-5-36-22-12-10-21(11-13-22)34-28(24-16-30-25-9-7-6-8-23(24)25)32-33-29(34)37-17-26(35)31-27-19(3)14-18(2)15-20(27)4/h6-16,30H,5,17H2,1-4H3,(H,31,35). The van der Waals surface area contributed by atoms with Crippen LogP contribution >= 0.6 is 11.8 Å². The summed E-state index contributed by atoms with van der Waals surface area (Å²) in [7, 11) is 0. The van der Waals surface area contributed by atoms with Gasteiger partial charge in [0.15, 0.2) is 11.0 Å². The number of nitrogens with one attached hydrogen (secondary N) is 2. The normalized spacial score (nSPS) is 11.1. The molecule has 0 bridgehead atoms. The minimum atomic E-state index is -0.0880. The smallest absolute Gasteiger partial charge is 0.234 e. The Labute approximate surface area is 220 Å². The van der Waals surface area contributed by atoms with Crippen molar-refractivity contribution in [3.05, 3.63) is 83.6 Å². The Hall–Kier alpha value is -4.04. The van der Waals surface area contributed by atoms with Gasteiger partial charge in [-0.1, -0.05) is 47.7 Å². The second-order valence-electron chi connectivity index (χ2n) is 8.93. The van der Waals surface area contributed by atoms with Crippen molar-refractivity contribution in [2.24, 2.45) is 0 Å². The fraction of sp³-hybridized carbons (Fsp3) is 0.207. The van der Waals surface area contributed by atoms with E-state index < -0.39 is 0 Å². The van der Waals surface area contributed by atoms with Crippen LogP contribution in [-0.2, 0) is 4.79 Å². The minimum absolute atomic E-state index is 0.0880. The number of rotatable bonds is 8. The molecule has 2 aromatic heterocycles. The topological polar surface area (TPSA) is 84.8 Å². The molecule has 0 radical (unpaired) electrons. The number of fused-ring (bicyclic) bond motifs is 1. The van der Waals surface area contributed by atoms with E-state index in [1.165, 1.54) is 17.3 Å². The number of thioether (sulfide) groups is 1. The van der Waals surface area contributed by atoms with Crippen LogP contribution in [0.25, 0.3) is 28.0 Å². The number of benzene rings is 3. The zero-order valence-corrected chi connectivity index (χ0v) is 22.1. The van der Waals surface area contributed by atoms with Gasteiger partial charge in [0.2, 0.25) is 5.91 Å². The SMILES string of the molecule is CCOc1ccc(-n2c(SCC(=O)Nc3c(C)cc(C)cc3C)nnc2-c2c[nH]c3ccccc23)cc1. The van der Waals surface area contributed by atoms with Gasteiger partial charge in [-0.25, -0.2) is 0 Å². The maximum atomic E-state index is 12.9. The average molecular weight is 512 g/mol. The number of hydrogen-bond acceptors (Lipinski definition) is 5. The van der Waals surface area contributed by atoms with E-state index in [2.05, 4.69) is 45.6 Å². The first-order valence-electron chi connectivity index (χ1n) is 12.2. The van der Waals surface area contributed by atoms with Crippen molar-refractivity contribution in [2.75, 3.05) is 17.7 Å². The van der Waals surface area contributed by atoms with Crippen LogP contribution in [0.3, 0.4) is 0 Å². The zero-order chi connectivity index (χ0) is 25.9. The van der Waals surface area contributed by atoms with Crippen molar-refractivity contribution in [2.45, 2.75) is 32.9 Å². The number of aryl methyl sites for hydroxylation is 3. The van der Waals surface area contributed by atoms with Gasteiger partial charge in [0.1, 0.15) is 5.75 Å². The molecule has 8 heteroatoms. The number of hydrogen-bond donors (Lipinski definition) is 2. The first-order valence-corrected chi connectivity index (χ1v) is 13.2. The number of nitrogens with zero attached hydrogens (tertiary/aromatic N) is 3. The Morgan fingerprint density at radius 3 is 2.49 bits per heavy atom. The number of anilines is 1. The van der Waals surface area contributed by atoms with E-state index >= 15 is 0 Å². The van der Waals surface area contributed by atoms with Gasteiger partial charge in [-0.3, -0.25) is 9.36 Å². The molecule has 1 amide bonds. The number of para-hydroxylation sites is 1. The first-order chi connectivity index (χ1) is 17.9. The maximum absolute atomic E-state index is 12.9. The summed E-state index contributed by atoms with van der Waals surface area (Å²) in [5.41, 5.74) is 7.00. The highest BCUT2D eigenvalue weighted by molar-refractivity contribution is 7.99. The van der Waals surface area contributed by atoms with E-state index in [1.807, 2.05) is 74.0 Å². The molecule has 0 spiro atoms. The number of H-pyrrole nitrogens is 1. The van der Waals surface area contributed by atoms with Crippen LogP contribution in [-0.4, -0.2) is 38.0 Å². The second kappa shape index (κ2) is 10.5. The molecule has 2 heterocycles. The first kappa shape index (κ1) is 24.6. The zero-order valence-electron chi connectivity index (χ0n) is 21.3. The van der Waals surface area contributed by atoms with Crippen molar-refractivity contribution in [3.8, 4) is 22.8 Å². The summed E-state index contributed by atoms with van der Waals surface area (Å²) in [6.07, 6.45) is 1.95. The van der Waals surface area contributed by atoms with Crippen molar-refractivity contribution >= 4 is 34.3 Å². The van der Waals surface area contributed by atoms with Crippen molar-refractivity contribution in [1.82, 2.24) is 19.7 Å². The van der Waals surface area contributed by atoms with E-state index in [-0.39, 0.29) is 11.7 Å². The molecule has 0 atom stereocenters. The molecule has 37 heavy (non-hydrogen) atoms. The highest BCUT2D eigenvalue weighted by Gasteiger charge is 2.20. The molecule has 0 saturated heterocycles. The Morgan fingerprint density at radius 1 is 1.03 bits per heavy atom. The van der Waals surface area contributed by atoms with Crippen molar-refractivity contribution in [1.29, 1.82) is 0 Å². The van der Waals surface area contributed by atoms with Crippen LogP contribution < -0.4 is 10.1 Å². The van der Waals surface area contributed by atoms with Gasteiger partial charge in [-0.15, -0.1) is 10.2 Å². The number of amides is 1. The number of aromatic nitrogens is 4. The molecule has 0 aliphatic heterocycles. The molecular weight excluding hydrogens is 482 g/mol. The number of aromatic amines is 1. The monoisotopic (exact) mass is 511 g/mol. The quantitative estimate of drug-likeness (QED) is 0.233. The van der Waals surface area contributed by atoms with E-state index in [9.17, 15) is 4.79 Å². The van der Waals surface area contributed by atoms with E-state index in [1.54, 1.807) is 0 Å². The minimum Gasteiger partial charge on any atom is -0.494 e. The van der Waals surface area contributed by atoms with Crippen molar-refractivity contribution < 1.29 is 9.53 Å². The highest BCUT2D eigenvalue weighted by Crippen LogP contribution is 2.33. The lowest BCUT2D eigenvalue weighted by Crippen LogP contribution is -2.16. The summed E-state index contributed by atoms with van der Waals surface area (Å²) >= 11 is 1.36. The van der Waals surface area contributed by atoms with Gasteiger partial charge < -0.3 is 15.0 Å². The lowest BCUT2D eigenvalue weighted by atomic mass is 10.1. The second-order valence-corrected chi connectivity index (χ2v) is 9.87. The Kier molecular flexibility index (Phi) is 7.01. The van der Waals surface area contributed by atoms with Crippen LogP contribution in [0.15, 0.2) is 72.0 Å². The van der Waals surface area contributed by atoms with Crippen LogP contribution in [0.5, 0.6) is 5.75 Å². The summed E-state index contributed by atoms with van der Waals surface area (Å²) in [6, 6.07) is 20.1. The van der Waals surface area contributed by atoms with Gasteiger partial charge in [0.25, 0.3) is 0 Å². The number of carbonyl (C=O) groups is 1. The third-order valence-corrected chi connectivity index (χ3v) is 7.07. The molecule has 5 aromatic rings. The summed E-state index contributed by atoms with van der Waals surface area (Å²) in [6.45, 7) is 8.64.